The quantitative estimate of drug-likeness (QED) is 0.522. The molecule has 0 radical (unpaired) electrons. The lowest BCUT2D eigenvalue weighted by Crippen LogP contribution is -2.43. The summed E-state index contributed by atoms with van der Waals surface area (Å²) in [6.07, 6.45) is 4.07. The van der Waals surface area contributed by atoms with Crippen LogP contribution in [0.5, 0.6) is 0 Å². The first kappa shape index (κ1) is 18.6. The first-order valence-electron chi connectivity index (χ1n) is 9.21. The lowest BCUT2D eigenvalue weighted by molar-refractivity contribution is -0.127. The van der Waals surface area contributed by atoms with Gasteiger partial charge in [0.25, 0.3) is 0 Å². The fraction of sp³-hybridized carbons (Fsp3) is 0.368. The van der Waals surface area contributed by atoms with Gasteiger partial charge < -0.3 is 20.7 Å². The smallest absolute Gasteiger partial charge is 0.223 e. The van der Waals surface area contributed by atoms with Crippen LogP contribution in [0.3, 0.4) is 0 Å². The molecule has 3 atom stereocenters. The molecule has 8 nitrogen and oxygen atoms in total. The molecular formula is C19H21ClN6O2. The summed E-state index contributed by atoms with van der Waals surface area (Å²) in [6, 6.07) is 7.24. The Labute approximate surface area is 166 Å². The molecule has 28 heavy (non-hydrogen) atoms. The van der Waals surface area contributed by atoms with E-state index in [1.54, 1.807) is 12.4 Å². The number of carbonyl (C=O) groups excluding carboxylic acids is 1. The Balaban J connectivity index is 1.34. The Morgan fingerprint density at radius 3 is 2.93 bits per heavy atom. The monoisotopic (exact) mass is 400 g/mol. The van der Waals surface area contributed by atoms with E-state index in [2.05, 4.69) is 30.6 Å². The zero-order valence-corrected chi connectivity index (χ0v) is 15.9. The van der Waals surface area contributed by atoms with Crippen LogP contribution >= 0.6 is 11.6 Å². The maximum Gasteiger partial charge on any atom is 0.223 e. The molecule has 2 heterocycles. The number of benzene rings is 1. The third-order valence-electron chi connectivity index (χ3n) is 5.14. The molecule has 1 fully saturated rings. The first-order chi connectivity index (χ1) is 13.6. The molecule has 146 valence electrons. The number of aromatic nitrogens is 4. The Hall–Kier alpha value is -2.71. The lowest BCUT2D eigenvalue weighted by atomic mass is 9.83. The van der Waals surface area contributed by atoms with Gasteiger partial charge in [-0.1, -0.05) is 29.8 Å². The van der Waals surface area contributed by atoms with Crippen molar-refractivity contribution in [3.05, 3.63) is 47.5 Å². The topological polar surface area (TPSA) is 116 Å². The van der Waals surface area contributed by atoms with Crippen molar-refractivity contribution >= 4 is 34.5 Å². The van der Waals surface area contributed by atoms with E-state index < -0.39 is 6.10 Å². The van der Waals surface area contributed by atoms with Crippen molar-refractivity contribution in [1.29, 1.82) is 0 Å². The van der Waals surface area contributed by atoms with Crippen LogP contribution < -0.4 is 10.6 Å². The van der Waals surface area contributed by atoms with Crippen LogP contribution in [0.25, 0.3) is 11.2 Å². The maximum atomic E-state index is 12.5. The Morgan fingerprint density at radius 2 is 2.11 bits per heavy atom. The highest BCUT2D eigenvalue weighted by molar-refractivity contribution is 6.31. The summed E-state index contributed by atoms with van der Waals surface area (Å²) in [6.45, 7) is 0.380. The average molecular weight is 401 g/mol. The number of fused-ring (bicyclic) bond motifs is 1. The molecule has 4 N–H and O–H groups in total. The van der Waals surface area contributed by atoms with E-state index >= 15 is 0 Å². The van der Waals surface area contributed by atoms with Crippen LogP contribution in [0.15, 0.2) is 36.9 Å². The van der Waals surface area contributed by atoms with E-state index in [0.29, 0.717) is 47.8 Å². The molecule has 0 aliphatic heterocycles. The van der Waals surface area contributed by atoms with Crippen molar-refractivity contribution in [2.24, 2.45) is 5.92 Å². The number of hydrogen-bond acceptors (Lipinski definition) is 6. The minimum absolute atomic E-state index is 0.0598. The number of nitrogens with one attached hydrogen (secondary N) is 3. The van der Waals surface area contributed by atoms with Crippen molar-refractivity contribution in [3.63, 3.8) is 0 Å². The molecular weight excluding hydrogens is 380 g/mol. The number of halogens is 1. The second kappa shape index (κ2) is 8.12. The third-order valence-corrected chi connectivity index (χ3v) is 5.51. The molecule has 9 heteroatoms. The van der Waals surface area contributed by atoms with Gasteiger partial charge in [0.1, 0.15) is 11.8 Å². The van der Waals surface area contributed by atoms with Gasteiger partial charge in [-0.15, -0.1) is 0 Å². The number of amides is 1. The van der Waals surface area contributed by atoms with Crippen LogP contribution in [0.4, 0.5) is 5.82 Å². The molecule has 1 aliphatic carbocycles. The van der Waals surface area contributed by atoms with Crippen molar-refractivity contribution in [1.82, 2.24) is 25.3 Å². The van der Waals surface area contributed by atoms with E-state index in [0.717, 1.165) is 5.56 Å². The van der Waals surface area contributed by atoms with Crippen LogP contribution in [0.2, 0.25) is 5.02 Å². The summed E-state index contributed by atoms with van der Waals surface area (Å²) in [5.41, 5.74) is 2.15. The number of rotatable bonds is 5. The summed E-state index contributed by atoms with van der Waals surface area (Å²) in [5.74, 6) is 0.316. The van der Waals surface area contributed by atoms with Gasteiger partial charge in [-0.25, -0.2) is 15.0 Å². The summed E-state index contributed by atoms with van der Waals surface area (Å²) >= 11 is 6.13. The second-order valence-corrected chi connectivity index (χ2v) is 7.37. The van der Waals surface area contributed by atoms with Gasteiger partial charge >= 0.3 is 0 Å². The highest BCUT2D eigenvalue weighted by atomic mass is 35.5. The number of imidazole rings is 1. The summed E-state index contributed by atoms with van der Waals surface area (Å²) in [4.78, 5) is 27.9. The van der Waals surface area contributed by atoms with Crippen LogP contribution in [0.1, 0.15) is 24.8 Å². The highest BCUT2D eigenvalue weighted by Gasteiger charge is 2.33. The van der Waals surface area contributed by atoms with Crippen molar-refractivity contribution < 1.29 is 9.90 Å². The van der Waals surface area contributed by atoms with E-state index in [1.165, 1.54) is 6.33 Å². The molecule has 0 unspecified atom stereocenters. The maximum absolute atomic E-state index is 12.5. The average Bonchev–Trinajstić information content (AvgIpc) is 3.18. The molecule has 4 rings (SSSR count). The van der Waals surface area contributed by atoms with Crippen LogP contribution in [-0.4, -0.2) is 43.1 Å². The Kier molecular flexibility index (Phi) is 5.40. The van der Waals surface area contributed by atoms with Gasteiger partial charge in [-0.3, -0.25) is 4.79 Å². The number of hydrogen-bond donors (Lipinski definition) is 4. The number of aliphatic hydroxyl groups is 1. The molecule has 0 bridgehead atoms. The van der Waals surface area contributed by atoms with Crippen LogP contribution in [-0.2, 0) is 11.3 Å². The molecule has 1 aromatic carbocycles. The predicted octanol–water partition coefficient (Wildman–Crippen LogP) is 2.26. The summed E-state index contributed by atoms with van der Waals surface area (Å²) < 4.78 is 0. The second-order valence-electron chi connectivity index (χ2n) is 6.96. The number of nitrogens with zero attached hydrogens (tertiary/aromatic N) is 3. The van der Waals surface area contributed by atoms with E-state index in [9.17, 15) is 9.90 Å². The van der Waals surface area contributed by atoms with E-state index in [4.69, 9.17) is 11.6 Å². The number of carbonyl (C=O) groups is 1. The minimum Gasteiger partial charge on any atom is -0.391 e. The Bertz CT molecular complexity index is 978. The van der Waals surface area contributed by atoms with Gasteiger partial charge in [0, 0.05) is 17.5 Å². The first-order valence-corrected chi connectivity index (χ1v) is 9.59. The fourth-order valence-corrected chi connectivity index (χ4v) is 3.77. The number of aromatic amines is 1. The molecule has 1 saturated carbocycles. The fourth-order valence-electron chi connectivity index (χ4n) is 3.57. The summed E-state index contributed by atoms with van der Waals surface area (Å²) in [7, 11) is 0. The SMILES string of the molecule is O=C(NCc1ccccc1Cl)[C@H]1CC[C@H](Nc2ncnc3nc[nH]c23)[C@@H](O)C1. The largest absolute Gasteiger partial charge is 0.391 e. The van der Waals surface area contributed by atoms with Crippen molar-refractivity contribution in [3.8, 4) is 0 Å². The Morgan fingerprint density at radius 1 is 1.25 bits per heavy atom. The molecule has 0 saturated heterocycles. The molecule has 3 aromatic rings. The van der Waals surface area contributed by atoms with Crippen molar-refractivity contribution in [2.45, 2.75) is 38.0 Å². The van der Waals surface area contributed by atoms with Gasteiger partial charge in [-0.05, 0) is 30.9 Å². The van der Waals surface area contributed by atoms with E-state index in [-0.39, 0.29) is 17.9 Å². The van der Waals surface area contributed by atoms with E-state index in [1.807, 2.05) is 18.2 Å². The lowest BCUT2D eigenvalue weighted by Gasteiger charge is -2.33. The van der Waals surface area contributed by atoms with Gasteiger partial charge in [0.15, 0.2) is 11.5 Å². The molecule has 2 aromatic heterocycles. The molecule has 1 aliphatic rings. The van der Waals surface area contributed by atoms with Gasteiger partial charge in [-0.2, -0.15) is 0 Å². The molecule has 1 amide bonds. The van der Waals surface area contributed by atoms with Gasteiger partial charge in [0.05, 0.1) is 18.5 Å². The number of H-pyrrole nitrogens is 1. The third kappa shape index (κ3) is 3.93. The van der Waals surface area contributed by atoms with Gasteiger partial charge in [0.2, 0.25) is 5.91 Å². The minimum atomic E-state index is -0.655. The highest BCUT2D eigenvalue weighted by Crippen LogP contribution is 2.28. The predicted molar refractivity (Wildman–Crippen MR) is 106 cm³/mol. The number of anilines is 1. The van der Waals surface area contributed by atoms with Crippen molar-refractivity contribution in [2.75, 3.05) is 5.32 Å². The van der Waals surface area contributed by atoms with Crippen LogP contribution in [0, 0.1) is 5.92 Å². The standard InChI is InChI=1S/C19H21ClN6O2/c20-13-4-2-1-3-12(13)8-21-19(28)11-5-6-14(15(27)7-11)26-18-16-17(23-9-22-16)24-10-25-18/h1-4,9-11,14-15,27H,5-8H2,(H,21,28)(H2,22,23,24,25,26)/t11-,14-,15-/m0/s1. The zero-order chi connectivity index (χ0) is 19.5. The normalized spacial score (nSPS) is 22.1. The molecule has 0 spiro atoms. The number of aliphatic hydroxyl groups excluding tert-OH is 1. The summed E-state index contributed by atoms with van der Waals surface area (Å²) in [5, 5.41) is 17.4. The zero-order valence-electron chi connectivity index (χ0n) is 15.1.